The number of hydrogen-bond acceptors (Lipinski definition) is 3. The Hall–Kier alpha value is -1.32. The molecule has 1 saturated heterocycles. The van der Waals surface area contributed by atoms with Crippen LogP contribution in [-0.4, -0.2) is 29.5 Å². The number of nitrogens with zero attached hydrogens (tertiary/aromatic N) is 1. The summed E-state index contributed by atoms with van der Waals surface area (Å²) >= 11 is 0. The summed E-state index contributed by atoms with van der Waals surface area (Å²) < 4.78 is 4.99. The lowest BCUT2D eigenvalue weighted by Gasteiger charge is -2.25. The van der Waals surface area contributed by atoms with Gasteiger partial charge in [0.2, 0.25) is 5.91 Å². The summed E-state index contributed by atoms with van der Waals surface area (Å²) in [7, 11) is 0. The highest BCUT2D eigenvalue weighted by Crippen LogP contribution is 2.23. The molecule has 0 N–H and O–H groups in total. The summed E-state index contributed by atoms with van der Waals surface area (Å²) in [5.74, 6) is -0.0964. The van der Waals surface area contributed by atoms with Gasteiger partial charge in [-0.2, -0.15) is 0 Å². The van der Waals surface area contributed by atoms with Crippen molar-refractivity contribution in [3.05, 3.63) is 11.6 Å². The minimum atomic E-state index is -0.497. The number of allylic oxidation sites excluding steroid dienone is 2. The minimum absolute atomic E-state index is 0.127. The first-order valence-electron chi connectivity index (χ1n) is 6.50. The highest BCUT2D eigenvalue weighted by molar-refractivity contribution is 5.94. The summed E-state index contributed by atoms with van der Waals surface area (Å²) in [5.41, 5.74) is 1.16. The molecular weight excluding hydrogens is 230 g/mol. The number of cyclic esters (lactones) is 1. The van der Waals surface area contributed by atoms with Crippen molar-refractivity contribution in [2.75, 3.05) is 6.61 Å². The Balaban J connectivity index is 2.78. The van der Waals surface area contributed by atoms with Gasteiger partial charge in [-0.25, -0.2) is 9.69 Å². The zero-order valence-corrected chi connectivity index (χ0v) is 11.9. The molecule has 1 heterocycles. The number of ether oxygens (including phenoxy) is 1. The van der Waals surface area contributed by atoms with Crippen molar-refractivity contribution in [2.45, 2.75) is 47.1 Å². The lowest BCUT2D eigenvalue weighted by atomic mass is 9.98. The molecule has 2 amide bonds. The molecular formula is C14H23NO3. The third-order valence-corrected chi connectivity index (χ3v) is 3.46. The highest BCUT2D eigenvalue weighted by Gasteiger charge is 2.40. The van der Waals surface area contributed by atoms with Gasteiger partial charge in [-0.15, -0.1) is 0 Å². The summed E-state index contributed by atoms with van der Waals surface area (Å²) in [4.78, 5) is 25.3. The smallest absolute Gasteiger partial charge is 0.416 e. The Morgan fingerprint density at radius 3 is 2.61 bits per heavy atom. The van der Waals surface area contributed by atoms with E-state index in [0.29, 0.717) is 13.0 Å². The Labute approximate surface area is 109 Å². The molecule has 0 bridgehead atoms. The molecule has 2 atom stereocenters. The molecule has 0 spiro atoms. The van der Waals surface area contributed by atoms with Gasteiger partial charge in [-0.1, -0.05) is 32.4 Å². The van der Waals surface area contributed by atoms with Crippen LogP contribution in [0.25, 0.3) is 0 Å². The fourth-order valence-electron chi connectivity index (χ4n) is 2.11. The Kier molecular flexibility index (Phi) is 4.93. The molecule has 0 aromatic heterocycles. The molecule has 1 aliphatic heterocycles. The van der Waals surface area contributed by atoms with Crippen molar-refractivity contribution in [3.8, 4) is 0 Å². The lowest BCUT2D eigenvalue weighted by molar-refractivity contribution is -0.133. The van der Waals surface area contributed by atoms with Crippen LogP contribution >= 0.6 is 0 Å². The van der Waals surface area contributed by atoms with E-state index in [2.05, 4.69) is 0 Å². The van der Waals surface area contributed by atoms with Crippen LogP contribution in [0.2, 0.25) is 0 Å². The zero-order valence-electron chi connectivity index (χ0n) is 11.9. The maximum atomic E-state index is 12.3. The van der Waals surface area contributed by atoms with Crippen molar-refractivity contribution in [2.24, 2.45) is 11.8 Å². The van der Waals surface area contributed by atoms with Crippen LogP contribution in [0.5, 0.6) is 0 Å². The molecule has 0 aromatic rings. The fourth-order valence-corrected chi connectivity index (χ4v) is 2.11. The molecule has 1 fully saturated rings. The van der Waals surface area contributed by atoms with Crippen LogP contribution in [0.3, 0.4) is 0 Å². The first kappa shape index (κ1) is 14.7. The third kappa shape index (κ3) is 3.12. The van der Waals surface area contributed by atoms with E-state index in [4.69, 9.17) is 4.74 Å². The Morgan fingerprint density at radius 2 is 2.11 bits per heavy atom. The Morgan fingerprint density at radius 1 is 1.50 bits per heavy atom. The normalized spacial score (nSPS) is 22.3. The van der Waals surface area contributed by atoms with Crippen LogP contribution in [0.1, 0.15) is 41.0 Å². The van der Waals surface area contributed by atoms with E-state index in [-0.39, 0.29) is 23.8 Å². The maximum absolute atomic E-state index is 12.3. The number of amides is 2. The van der Waals surface area contributed by atoms with Gasteiger partial charge in [0, 0.05) is 5.92 Å². The van der Waals surface area contributed by atoms with Gasteiger partial charge in [0.15, 0.2) is 0 Å². The van der Waals surface area contributed by atoms with Crippen LogP contribution in [0, 0.1) is 11.8 Å². The van der Waals surface area contributed by atoms with E-state index in [1.807, 2.05) is 40.7 Å². The molecule has 4 nitrogen and oxygen atoms in total. The van der Waals surface area contributed by atoms with Gasteiger partial charge in [0.1, 0.15) is 6.61 Å². The summed E-state index contributed by atoms with van der Waals surface area (Å²) in [6.45, 7) is 10.1. The van der Waals surface area contributed by atoms with Gasteiger partial charge in [-0.3, -0.25) is 4.79 Å². The molecule has 1 unspecified atom stereocenters. The number of hydrogen-bond donors (Lipinski definition) is 0. The molecule has 1 aliphatic rings. The summed E-state index contributed by atoms with van der Waals surface area (Å²) in [6.07, 6.45) is 2.18. The van der Waals surface area contributed by atoms with Crippen molar-refractivity contribution in [1.82, 2.24) is 4.90 Å². The standard InChI is InChI=1S/C14H23NO3/c1-6-10(4)7-11(5)13(16)15-12(9(2)3)8-18-14(15)17/h6,9,11-12H,7-8H2,1-5H3/b10-6+/t11?,12-/m1/s1. The first-order chi connectivity index (χ1) is 8.38. The van der Waals surface area contributed by atoms with Crippen molar-refractivity contribution < 1.29 is 14.3 Å². The number of carbonyl (C=O) groups is 2. The molecule has 0 radical (unpaired) electrons. The van der Waals surface area contributed by atoms with Gasteiger partial charge < -0.3 is 4.74 Å². The van der Waals surface area contributed by atoms with Crippen LogP contribution in [0.4, 0.5) is 4.79 Å². The topological polar surface area (TPSA) is 46.6 Å². The predicted octanol–water partition coefficient (Wildman–Crippen LogP) is 2.98. The van der Waals surface area contributed by atoms with Crippen LogP contribution < -0.4 is 0 Å². The van der Waals surface area contributed by atoms with E-state index in [1.54, 1.807) is 0 Å². The number of imide groups is 1. The molecule has 18 heavy (non-hydrogen) atoms. The predicted molar refractivity (Wildman–Crippen MR) is 70.0 cm³/mol. The zero-order chi connectivity index (χ0) is 13.9. The quantitative estimate of drug-likeness (QED) is 0.724. The third-order valence-electron chi connectivity index (χ3n) is 3.46. The van der Waals surface area contributed by atoms with Crippen molar-refractivity contribution in [1.29, 1.82) is 0 Å². The molecule has 0 saturated carbocycles. The average molecular weight is 253 g/mol. The van der Waals surface area contributed by atoms with Crippen LogP contribution in [0.15, 0.2) is 11.6 Å². The number of carbonyl (C=O) groups excluding carboxylic acids is 2. The number of rotatable bonds is 4. The van der Waals surface area contributed by atoms with E-state index in [1.165, 1.54) is 4.90 Å². The fraction of sp³-hybridized carbons (Fsp3) is 0.714. The van der Waals surface area contributed by atoms with E-state index >= 15 is 0 Å². The summed E-state index contributed by atoms with van der Waals surface area (Å²) in [6, 6.07) is -0.127. The molecule has 0 aromatic carbocycles. The van der Waals surface area contributed by atoms with Gasteiger partial charge in [0.05, 0.1) is 6.04 Å². The summed E-state index contributed by atoms with van der Waals surface area (Å²) in [5, 5.41) is 0. The van der Waals surface area contributed by atoms with Gasteiger partial charge in [0.25, 0.3) is 0 Å². The van der Waals surface area contributed by atoms with Gasteiger partial charge >= 0.3 is 6.09 Å². The SMILES string of the molecule is C/C=C(\C)CC(C)C(=O)N1C(=O)OC[C@@H]1C(C)C. The van der Waals surface area contributed by atoms with Crippen LogP contribution in [-0.2, 0) is 9.53 Å². The highest BCUT2D eigenvalue weighted by atomic mass is 16.6. The van der Waals surface area contributed by atoms with Crippen molar-refractivity contribution >= 4 is 12.0 Å². The monoisotopic (exact) mass is 253 g/mol. The second-order valence-corrected chi connectivity index (χ2v) is 5.34. The van der Waals surface area contributed by atoms with E-state index in [0.717, 1.165) is 5.57 Å². The largest absolute Gasteiger partial charge is 0.447 e. The van der Waals surface area contributed by atoms with E-state index < -0.39 is 6.09 Å². The lowest BCUT2D eigenvalue weighted by Crippen LogP contribution is -2.44. The molecule has 1 rings (SSSR count). The molecule has 0 aliphatic carbocycles. The van der Waals surface area contributed by atoms with E-state index in [9.17, 15) is 9.59 Å². The Bertz CT molecular complexity index is 360. The first-order valence-corrected chi connectivity index (χ1v) is 6.50. The van der Waals surface area contributed by atoms with Crippen molar-refractivity contribution in [3.63, 3.8) is 0 Å². The average Bonchev–Trinajstić information content (AvgIpc) is 2.69. The molecule has 4 heteroatoms. The second kappa shape index (κ2) is 6.03. The molecule has 102 valence electrons. The second-order valence-electron chi connectivity index (χ2n) is 5.34. The minimum Gasteiger partial charge on any atom is -0.447 e. The van der Waals surface area contributed by atoms with Gasteiger partial charge in [-0.05, 0) is 26.2 Å². The maximum Gasteiger partial charge on any atom is 0.416 e.